The van der Waals surface area contributed by atoms with E-state index < -0.39 is 10.0 Å². The molecule has 1 amide bonds. The van der Waals surface area contributed by atoms with Crippen molar-refractivity contribution in [2.75, 3.05) is 51.7 Å². The van der Waals surface area contributed by atoms with Gasteiger partial charge in [0.15, 0.2) is 0 Å². The van der Waals surface area contributed by atoms with Crippen molar-refractivity contribution in [3.05, 3.63) is 40.4 Å². The molecule has 1 fully saturated rings. The first kappa shape index (κ1) is 22.0. The van der Waals surface area contributed by atoms with Gasteiger partial charge in [-0.25, -0.2) is 13.4 Å². The molecule has 0 aromatic carbocycles. The molecule has 0 saturated carbocycles. The molecule has 0 radical (unpaired) electrons. The second-order valence-corrected chi connectivity index (χ2v) is 10.9. The first-order chi connectivity index (χ1) is 13.8. The minimum absolute atomic E-state index is 0.113. The lowest BCUT2D eigenvalue weighted by atomic mass is 10.2. The van der Waals surface area contributed by atoms with E-state index in [4.69, 9.17) is 11.6 Å². The number of amides is 1. The maximum atomic E-state index is 12.5. The molecule has 8 nitrogen and oxygen atoms in total. The van der Waals surface area contributed by atoms with Crippen molar-refractivity contribution in [1.82, 2.24) is 19.5 Å². The smallest absolute Gasteiger partial charge is 0.252 e. The number of carbonyl (C=O) groups is 1. The first-order valence-electron chi connectivity index (χ1n) is 9.13. The number of likely N-dealkylation sites (N-methyl/N-ethyl adjacent to an activating group) is 2. The van der Waals surface area contributed by atoms with Gasteiger partial charge in [0.2, 0.25) is 5.91 Å². The number of pyridine rings is 1. The highest BCUT2D eigenvalue weighted by molar-refractivity contribution is 7.91. The van der Waals surface area contributed by atoms with E-state index in [0.29, 0.717) is 4.34 Å². The maximum absolute atomic E-state index is 12.5. The molecule has 1 N–H and O–H groups in total. The predicted octanol–water partition coefficient (Wildman–Crippen LogP) is 1.49. The molecule has 11 heteroatoms. The van der Waals surface area contributed by atoms with E-state index in [1.165, 1.54) is 19.2 Å². The second kappa shape index (κ2) is 9.40. The van der Waals surface area contributed by atoms with Gasteiger partial charge in [0.1, 0.15) is 10.0 Å². The Kier molecular flexibility index (Phi) is 7.12. The van der Waals surface area contributed by atoms with Crippen molar-refractivity contribution >= 4 is 44.7 Å². The molecule has 1 saturated heterocycles. The van der Waals surface area contributed by atoms with Crippen molar-refractivity contribution in [2.45, 2.75) is 10.8 Å². The number of hydrogen-bond donors (Lipinski definition) is 1. The van der Waals surface area contributed by atoms with E-state index in [-0.39, 0.29) is 23.2 Å². The number of halogens is 1. The lowest BCUT2D eigenvalue weighted by Crippen LogP contribution is -2.45. The van der Waals surface area contributed by atoms with Crippen molar-refractivity contribution < 1.29 is 13.2 Å². The van der Waals surface area contributed by atoms with Crippen LogP contribution in [0, 0.1) is 0 Å². The number of anilines is 1. The van der Waals surface area contributed by atoms with Crippen LogP contribution in [0.5, 0.6) is 0 Å². The molecule has 2 aromatic heterocycles. The third-order valence-corrected chi connectivity index (χ3v) is 8.23. The van der Waals surface area contributed by atoms with Gasteiger partial charge >= 0.3 is 0 Å². The van der Waals surface area contributed by atoms with E-state index >= 15 is 0 Å². The standard InChI is InChI=1S/C18H24ClN5O3S2/c1-22-8-10-24(11-9-22)18-14(4-3-7-20-18)12-21-16(25)13-23(2)29(26,27)17-6-5-15(19)28-17/h3-7H,8-13H2,1-2H3,(H,21,25). The zero-order chi connectivity index (χ0) is 21.0. The van der Waals surface area contributed by atoms with E-state index in [9.17, 15) is 13.2 Å². The fraction of sp³-hybridized carbons (Fsp3) is 0.444. The van der Waals surface area contributed by atoms with Crippen LogP contribution in [0.3, 0.4) is 0 Å². The fourth-order valence-electron chi connectivity index (χ4n) is 3.00. The summed E-state index contributed by atoms with van der Waals surface area (Å²) < 4.78 is 26.6. The molecule has 29 heavy (non-hydrogen) atoms. The van der Waals surface area contributed by atoms with Crippen LogP contribution in [0.25, 0.3) is 0 Å². The number of carbonyl (C=O) groups excluding carboxylic acids is 1. The molecule has 158 valence electrons. The fourth-order valence-corrected chi connectivity index (χ4v) is 5.82. The zero-order valence-electron chi connectivity index (χ0n) is 16.3. The van der Waals surface area contributed by atoms with Crippen molar-refractivity contribution in [1.29, 1.82) is 0 Å². The maximum Gasteiger partial charge on any atom is 0.252 e. The summed E-state index contributed by atoms with van der Waals surface area (Å²) in [5.74, 6) is 0.474. The second-order valence-electron chi connectivity index (χ2n) is 6.87. The predicted molar refractivity (Wildman–Crippen MR) is 115 cm³/mol. The molecule has 0 aliphatic carbocycles. The van der Waals surface area contributed by atoms with Gasteiger partial charge in [-0.15, -0.1) is 11.3 Å². The molecule has 0 atom stereocenters. The van der Waals surface area contributed by atoms with E-state index in [1.54, 1.807) is 6.20 Å². The molecule has 2 aromatic rings. The molecular weight excluding hydrogens is 434 g/mol. The molecule has 1 aliphatic rings. The molecule has 1 aliphatic heterocycles. The molecule has 0 bridgehead atoms. The number of nitrogens with one attached hydrogen (secondary N) is 1. The van der Waals surface area contributed by atoms with Gasteiger partial charge in [-0.2, -0.15) is 4.31 Å². The van der Waals surface area contributed by atoms with Gasteiger partial charge in [0.05, 0.1) is 10.9 Å². The number of piperazine rings is 1. The zero-order valence-corrected chi connectivity index (χ0v) is 18.7. The van der Waals surface area contributed by atoms with Crippen LogP contribution < -0.4 is 10.2 Å². The number of aromatic nitrogens is 1. The summed E-state index contributed by atoms with van der Waals surface area (Å²) in [4.78, 5) is 21.3. The number of rotatable bonds is 7. The van der Waals surface area contributed by atoms with Crippen LogP contribution in [-0.4, -0.2) is 75.3 Å². The van der Waals surface area contributed by atoms with E-state index in [1.807, 2.05) is 12.1 Å². The third-order valence-electron chi connectivity index (χ3n) is 4.73. The van der Waals surface area contributed by atoms with Crippen LogP contribution in [0.15, 0.2) is 34.7 Å². The Morgan fingerprint density at radius 2 is 2.00 bits per heavy atom. The summed E-state index contributed by atoms with van der Waals surface area (Å²) in [7, 11) is -0.279. The average molecular weight is 458 g/mol. The Balaban J connectivity index is 1.60. The summed E-state index contributed by atoms with van der Waals surface area (Å²) in [6.07, 6.45) is 1.74. The monoisotopic (exact) mass is 457 g/mol. The number of hydrogen-bond acceptors (Lipinski definition) is 7. The quantitative estimate of drug-likeness (QED) is 0.677. The van der Waals surface area contributed by atoms with Gasteiger partial charge in [-0.3, -0.25) is 4.79 Å². The van der Waals surface area contributed by atoms with Crippen molar-refractivity contribution in [2.24, 2.45) is 0 Å². The van der Waals surface area contributed by atoms with Crippen LogP contribution in [0.1, 0.15) is 5.56 Å². The summed E-state index contributed by atoms with van der Waals surface area (Å²) in [5, 5.41) is 2.80. The average Bonchev–Trinajstić information content (AvgIpc) is 3.14. The highest BCUT2D eigenvalue weighted by Crippen LogP contribution is 2.27. The topological polar surface area (TPSA) is 85.8 Å². The third kappa shape index (κ3) is 5.46. The summed E-state index contributed by atoms with van der Waals surface area (Å²) in [6.45, 7) is 3.67. The summed E-state index contributed by atoms with van der Waals surface area (Å²) in [6, 6.07) is 6.72. The summed E-state index contributed by atoms with van der Waals surface area (Å²) >= 11 is 6.79. The van der Waals surface area contributed by atoms with Gasteiger partial charge < -0.3 is 15.1 Å². The Morgan fingerprint density at radius 1 is 1.28 bits per heavy atom. The Labute approximate surface area is 180 Å². The van der Waals surface area contributed by atoms with Gasteiger partial charge in [-0.05, 0) is 25.2 Å². The minimum Gasteiger partial charge on any atom is -0.354 e. The Hall–Kier alpha value is -1.72. The Morgan fingerprint density at radius 3 is 2.66 bits per heavy atom. The highest BCUT2D eigenvalue weighted by Gasteiger charge is 2.25. The van der Waals surface area contributed by atoms with Gasteiger partial charge in [0.25, 0.3) is 10.0 Å². The molecule has 0 spiro atoms. The van der Waals surface area contributed by atoms with E-state index in [0.717, 1.165) is 53.2 Å². The van der Waals surface area contributed by atoms with Crippen LogP contribution in [-0.2, 0) is 21.4 Å². The van der Waals surface area contributed by atoms with Gasteiger partial charge in [-0.1, -0.05) is 17.7 Å². The van der Waals surface area contributed by atoms with Crippen LogP contribution in [0.2, 0.25) is 4.34 Å². The highest BCUT2D eigenvalue weighted by atomic mass is 35.5. The lowest BCUT2D eigenvalue weighted by molar-refractivity contribution is -0.121. The molecule has 3 heterocycles. The molecule has 3 rings (SSSR count). The first-order valence-corrected chi connectivity index (χ1v) is 11.8. The summed E-state index contributed by atoms with van der Waals surface area (Å²) in [5.41, 5.74) is 0.904. The lowest BCUT2D eigenvalue weighted by Gasteiger charge is -2.34. The normalized spacial score (nSPS) is 15.7. The largest absolute Gasteiger partial charge is 0.354 e. The van der Waals surface area contributed by atoms with Crippen molar-refractivity contribution in [3.63, 3.8) is 0 Å². The Bertz CT molecular complexity index is 958. The molecular formula is C18H24ClN5O3S2. The molecule has 0 unspecified atom stereocenters. The minimum atomic E-state index is -3.75. The van der Waals surface area contributed by atoms with Crippen molar-refractivity contribution in [3.8, 4) is 0 Å². The number of nitrogens with zero attached hydrogens (tertiary/aromatic N) is 4. The van der Waals surface area contributed by atoms with Crippen LogP contribution in [0.4, 0.5) is 5.82 Å². The SMILES string of the molecule is CN1CCN(c2ncccc2CNC(=O)CN(C)S(=O)(=O)c2ccc(Cl)s2)CC1. The number of sulfonamides is 1. The van der Waals surface area contributed by atoms with E-state index in [2.05, 4.69) is 27.1 Å². The van der Waals surface area contributed by atoms with Crippen LogP contribution >= 0.6 is 22.9 Å². The number of thiophene rings is 1. The van der Waals surface area contributed by atoms with Gasteiger partial charge in [0, 0.05) is 51.5 Å².